The molecule has 8 nitrogen and oxygen atoms in total. The zero-order valence-electron chi connectivity index (χ0n) is 15.9. The van der Waals surface area contributed by atoms with Gasteiger partial charge in [0.05, 0.1) is 17.2 Å². The second-order valence-corrected chi connectivity index (χ2v) is 7.45. The predicted octanol–water partition coefficient (Wildman–Crippen LogP) is 2.59. The van der Waals surface area contributed by atoms with Crippen LogP contribution in [0.3, 0.4) is 0 Å². The topological polar surface area (TPSA) is 117 Å². The third-order valence-electron chi connectivity index (χ3n) is 4.37. The van der Waals surface area contributed by atoms with Crippen LogP contribution in [0.15, 0.2) is 35.7 Å². The van der Waals surface area contributed by atoms with Crippen molar-refractivity contribution in [3.05, 3.63) is 46.8 Å². The van der Waals surface area contributed by atoms with Gasteiger partial charge in [-0.2, -0.15) is 0 Å². The number of carbonyl (C=O) groups excluding carboxylic acids is 3. The maximum atomic E-state index is 12.3. The lowest BCUT2D eigenvalue weighted by Gasteiger charge is -2.14. The van der Waals surface area contributed by atoms with Crippen molar-refractivity contribution >= 4 is 34.1 Å². The Morgan fingerprint density at radius 3 is 2.69 bits per heavy atom. The van der Waals surface area contributed by atoms with Gasteiger partial charge in [0.25, 0.3) is 11.8 Å². The number of rotatable bonds is 8. The number of nitrogens with one attached hydrogen (secondary N) is 1. The Hall–Kier alpha value is -2.91. The van der Waals surface area contributed by atoms with Crippen LogP contribution in [0.1, 0.15) is 40.5 Å². The molecule has 1 saturated heterocycles. The van der Waals surface area contributed by atoms with E-state index in [9.17, 15) is 14.4 Å². The number of hydrogen-bond donors (Lipinski definition) is 2. The minimum atomic E-state index is -1.05. The highest BCUT2D eigenvalue weighted by Gasteiger charge is 2.21. The molecular weight excluding hydrogens is 396 g/mol. The molecule has 2 atom stereocenters. The second-order valence-electron chi connectivity index (χ2n) is 6.53. The van der Waals surface area contributed by atoms with E-state index in [1.807, 2.05) is 0 Å². The fourth-order valence-electron chi connectivity index (χ4n) is 2.75. The van der Waals surface area contributed by atoms with Gasteiger partial charge in [0.2, 0.25) is 0 Å². The fraction of sp³-hybridized carbons (Fsp3) is 0.350. The van der Waals surface area contributed by atoms with Gasteiger partial charge in [0, 0.05) is 6.61 Å². The quantitative estimate of drug-likeness (QED) is 0.637. The van der Waals surface area contributed by atoms with Crippen LogP contribution in [0.25, 0.3) is 0 Å². The van der Waals surface area contributed by atoms with E-state index in [0.29, 0.717) is 22.9 Å². The van der Waals surface area contributed by atoms with E-state index in [1.54, 1.807) is 29.6 Å². The number of hydrogen-bond acceptors (Lipinski definition) is 7. The number of nitrogens with two attached hydrogens (primary N) is 1. The van der Waals surface area contributed by atoms with Crippen molar-refractivity contribution < 1.29 is 28.6 Å². The molecule has 2 amide bonds. The maximum absolute atomic E-state index is 12.3. The van der Waals surface area contributed by atoms with Crippen LogP contribution in [-0.4, -0.2) is 43.2 Å². The molecular formula is C20H22N2O6S. The summed E-state index contributed by atoms with van der Waals surface area (Å²) < 4.78 is 16.4. The lowest BCUT2D eigenvalue weighted by Crippen LogP contribution is -2.30. The van der Waals surface area contributed by atoms with E-state index in [-0.39, 0.29) is 11.7 Å². The summed E-state index contributed by atoms with van der Waals surface area (Å²) in [5.41, 5.74) is 5.75. The van der Waals surface area contributed by atoms with E-state index in [1.165, 1.54) is 13.0 Å². The molecule has 1 aliphatic rings. The second kappa shape index (κ2) is 9.53. The van der Waals surface area contributed by atoms with Crippen molar-refractivity contribution in [3.63, 3.8) is 0 Å². The van der Waals surface area contributed by atoms with Crippen LogP contribution < -0.4 is 15.8 Å². The molecule has 29 heavy (non-hydrogen) atoms. The largest absolute Gasteiger partial charge is 0.491 e. The number of benzene rings is 1. The average molecular weight is 418 g/mol. The summed E-state index contributed by atoms with van der Waals surface area (Å²) in [6.07, 6.45) is 1.08. The van der Waals surface area contributed by atoms with Crippen molar-refractivity contribution in [2.75, 3.05) is 18.5 Å². The van der Waals surface area contributed by atoms with Crippen LogP contribution in [0.2, 0.25) is 0 Å². The minimum Gasteiger partial charge on any atom is -0.491 e. The van der Waals surface area contributed by atoms with Gasteiger partial charge >= 0.3 is 5.97 Å². The third-order valence-corrected chi connectivity index (χ3v) is 5.20. The molecule has 2 aromatic rings. The number of thiophene rings is 1. The van der Waals surface area contributed by atoms with Crippen molar-refractivity contribution in [3.8, 4) is 5.75 Å². The standard InChI is InChI=1S/C20H22N2O6S/c1-12(18(24)22-19-16(17(21)23)8-10-29-19)28-20(25)13-4-6-14(7-5-13)27-11-15-3-2-9-26-15/h4-8,10,12,15H,2-3,9,11H2,1H3,(H2,21,23)(H,22,24)/t12-,15+/m1/s1. The minimum absolute atomic E-state index is 0.109. The normalized spacial score (nSPS) is 16.8. The first-order chi connectivity index (χ1) is 13.9. The van der Waals surface area contributed by atoms with E-state index in [0.717, 1.165) is 30.8 Å². The zero-order chi connectivity index (χ0) is 20.8. The number of primary amides is 1. The Morgan fingerprint density at radius 1 is 1.28 bits per heavy atom. The summed E-state index contributed by atoms with van der Waals surface area (Å²) in [7, 11) is 0. The molecule has 3 N–H and O–H groups in total. The van der Waals surface area contributed by atoms with E-state index in [4.69, 9.17) is 19.9 Å². The van der Waals surface area contributed by atoms with Crippen LogP contribution in [0, 0.1) is 0 Å². The summed E-state index contributed by atoms with van der Waals surface area (Å²) in [5.74, 6) is -1.22. The molecule has 3 rings (SSSR count). The molecule has 9 heteroatoms. The van der Waals surface area contributed by atoms with Crippen LogP contribution >= 0.6 is 11.3 Å². The molecule has 154 valence electrons. The molecule has 0 aliphatic carbocycles. The molecule has 1 aliphatic heterocycles. The van der Waals surface area contributed by atoms with Gasteiger partial charge in [0.15, 0.2) is 6.10 Å². The lowest BCUT2D eigenvalue weighted by molar-refractivity contribution is -0.123. The van der Waals surface area contributed by atoms with Crippen LogP contribution in [0.5, 0.6) is 5.75 Å². The number of carbonyl (C=O) groups is 3. The molecule has 1 aromatic heterocycles. The first kappa shape index (κ1) is 20.8. The fourth-order valence-corrected chi connectivity index (χ4v) is 3.54. The lowest BCUT2D eigenvalue weighted by atomic mass is 10.2. The summed E-state index contributed by atoms with van der Waals surface area (Å²) in [6, 6.07) is 7.99. The van der Waals surface area contributed by atoms with Gasteiger partial charge in [-0.3, -0.25) is 9.59 Å². The van der Waals surface area contributed by atoms with Crippen molar-refractivity contribution in [2.45, 2.75) is 32.0 Å². The molecule has 1 aromatic carbocycles. The Balaban J connectivity index is 1.51. The van der Waals surface area contributed by atoms with Crippen molar-refractivity contribution in [2.24, 2.45) is 5.73 Å². The average Bonchev–Trinajstić information content (AvgIpc) is 3.38. The van der Waals surface area contributed by atoms with Gasteiger partial charge in [0.1, 0.15) is 17.4 Å². The predicted molar refractivity (Wildman–Crippen MR) is 107 cm³/mol. The van der Waals surface area contributed by atoms with Gasteiger partial charge in [-0.25, -0.2) is 4.79 Å². The molecule has 0 radical (unpaired) electrons. The van der Waals surface area contributed by atoms with Gasteiger partial charge in [-0.15, -0.1) is 11.3 Å². The van der Waals surface area contributed by atoms with E-state index < -0.39 is 23.9 Å². The molecule has 0 spiro atoms. The summed E-state index contributed by atoms with van der Waals surface area (Å²) >= 11 is 1.16. The molecule has 0 saturated carbocycles. The highest BCUT2D eigenvalue weighted by Crippen LogP contribution is 2.23. The number of esters is 1. The third kappa shape index (κ3) is 5.55. The molecule has 0 bridgehead atoms. The number of anilines is 1. The number of amides is 2. The van der Waals surface area contributed by atoms with Crippen LogP contribution in [-0.2, 0) is 14.3 Å². The van der Waals surface area contributed by atoms with Crippen LogP contribution in [0.4, 0.5) is 5.00 Å². The van der Waals surface area contributed by atoms with Crippen molar-refractivity contribution in [1.29, 1.82) is 0 Å². The Labute approximate surface area is 171 Å². The molecule has 0 unspecified atom stereocenters. The summed E-state index contributed by atoms with van der Waals surface area (Å²) in [5, 5.41) is 4.50. The zero-order valence-corrected chi connectivity index (χ0v) is 16.7. The Bertz CT molecular complexity index is 873. The van der Waals surface area contributed by atoms with Crippen molar-refractivity contribution in [1.82, 2.24) is 0 Å². The highest BCUT2D eigenvalue weighted by atomic mass is 32.1. The molecule has 1 fully saturated rings. The Morgan fingerprint density at radius 2 is 2.03 bits per heavy atom. The molecule has 2 heterocycles. The highest BCUT2D eigenvalue weighted by molar-refractivity contribution is 7.14. The smallest absolute Gasteiger partial charge is 0.338 e. The van der Waals surface area contributed by atoms with Gasteiger partial charge in [-0.1, -0.05) is 0 Å². The Kier molecular flexibility index (Phi) is 6.84. The summed E-state index contributed by atoms with van der Waals surface area (Å²) in [6.45, 7) is 2.68. The van der Waals surface area contributed by atoms with Gasteiger partial charge < -0.3 is 25.3 Å². The van der Waals surface area contributed by atoms with Gasteiger partial charge in [-0.05, 0) is 55.5 Å². The number of ether oxygens (including phenoxy) is 3. The van der Waals surface area contributed by atoms with E-state index in [2.05, 4.69) is 5.32 Å². The first-order valence-corrected chi connectivity index (χ1v) is 10.1. The maximum Gasteiger partial charge on any atom is 0.338 e. The first-order valence-electron chi connectivity index (χ1n) is 9.17. The van der Waals surface area contributed by atoms with E-state index >= 15 is 0 Å². The SMILES string of the molecule is C[C@@H](OC(=O)c1ccc(OC[C@@H]2CCCO2)cc1)C(=O)Nc1sccc1C(N)=O. The monoisotopic (exact) mass is 418 g/mol. The summed E-state index contributed by atoms with van der Waals surface area (Å²) in [4.78, 5) is 35.9.